The van der Waals surface area contributed by atoms with Gasteiger partial charge in [-0.1, -0.05) is 30.3 Å². The van der Waals surface area contributed by atoms with Crippen LogP contribution in [0.15, 0.2) is 48.1 Å². The average molecular weight is 342 g/mol. The summed E-state index contributed by atoms with van der Waals surface area (Å²) in [6.45, 7) is 5.05. The maximum absolute atomic E-state index is 9.32. The van der Waals surface area contributed by atoms with Crippen LogP contribution in [0, 0.1) is 6.92 Å². The average Bonchev–Trinajstić information content (AvgIpc) is 3.18. The molecular weight excluding hydrogens is 320 g/mol. The molecule has 0 spiro atoms. The minimum absolute atomic E-state index is 0.140. The van der Waals surface area contributed by atoms with E-state index < -0.39 is 0 Å². The number of benzene rings is 1. The van der Waals surface area contributed by atoms with E-state index in [1.54, 1.807) is 11.3 Å². The topological polar surface area (TPSA) is 54.2 Å². The molecule has 1 aromatic carbocycles. The second-order valence-corrected chi connectivity index (χ2v) is 6.89. The molecule has 0 fully saturated rings. The Labute approximate surface area is 146 Å². The van der Waals surface area contributed by atoms with Gasteiger partial charge in [0.25, 0.3) is 0 Å². The molecule has 0 bridgehead atoms. The maximum Gasteiger partial charge on any atom is 0.0897 e. The molecule has 0 aliphatic carbocycles. The van der Waals surface area contributed by atoms with Gasteiger partial charge in [-0.25, -0.2) is 4.98 Å². The van der Waals surface area contributed by atoms with Gasteiger partial charge >= 0.3 is 0 Å². The molecule has 2 heterocycles. The first-order chi connectivity index (χ1) is 11.7. The summed E-state index contributed by atoms with van der Waals surface area (Å²) in [4.78, 5) is 6.70. The van der Waals surface area contributed by atoms with Crippen molar-refractivity contribution in [1.29, 1.82) is 0 Å². The highest BCUT2D eigenvalue weighted by atomic mass is 32.1. The lowest BCUT2D eigenvalue weighted by Gasteiger charge is -2.19. The molecule has 0 saturated heterocycles. The highest BCUT2D eigenvalue weighted by molar-refractivity contribution is 7.09. The zero-order valence-corrected chi connectivity index (χ0v) is 14.6. The van der Waals surface area contributed by atoms with E-state index in [4.69, 9.17) is 0 Å². The Morgan fingerprint density at radius 3 is 2.71 bits per heavy atom. The summed E-state index contributed by atoms with van der Waals surface area (Å²) in [5, 5.41) is 16.9. The smallest absolute Gasteiger partial charge is 0.0897 e. The van der Waals surface area contributed by atoms with E-state index in [1.165, 1.54) is 5.56 Å². The summed E-state index contributed by atoms with van der Waals surface area (Å²) >= 11 is 1.66. The molecule has 3 aromatic rings. The standard InChI is InChI=1S/C18H22N4OS/c1-15-20-18(14-24-15)13-21(7-8-23)10-17-9-19-22(12-17)11-16-5-3-2-4-6-16/h2-6,9,12,14,23H,7-8,10-11,13H2,1H3. The van der Waals surface area contributed by atoms with Crippen molar-refractivity contribution in [3.63, 3.8) is 0 Å². The van der Waals surface area contributed by atoms with Gasteiger partial charge in [0.1, 0.15) is 0 Å². The van der Waals surface area contributed by atoms with Crippen LogP contribution >= 0.6 is 11.3 Å². The van der Waals surface area contributed by atoms with Crippen molar-refractivity contribution in [2.75, 3.05) is 13.2 Å². The third kappa shape index (κ3) is 4.74. The molecule has 0 atom stereocenters. The maximum atomic E-state index is 9.32. The number of aryl methyl sites for hydroxylation is 1. The number of aliphatic hydroxyl groups excluding tert-OH is 1. The molecule has 0 aliphatic heterocycles. The summed E-state index contributed by atoms with van der Waals surface area (Å²) in [5.41, 5.74) is 3.44. The third-order valence-electron chi connectivity index (χ3n) is 3.75. The Morgan fingerprint density at radius 2 is 2.00 bits per heavy atom. The van der Waals surface area contributed by atoms with Crippen molar-refractivity contribution in [3.05, 3.63) is 69.9 Å². The SMILES string of the molecule is Cc1nc(CN(CCO)Cc2cnn(Cc3ccccc3)c2)cs1. The monoisotopic (exact) mass is 342 g/mol. The molecule has 3 rings (SSSR count). The van der Waals surface area contributed by atoms with Crippen molar-refractivity contribution in [3.8, 4) is 0 Å². The Kier molecular flexibility index (Phi) is 5.74. The highest BCUT2D eigenvalue weighted by Gasteiger charge is 2.10. The van der Waals surface area contributed by atoms with E-state index in [-0.39, 0.29) is 6.61 Å². The molecule has 0 unspecified atom stereocenters. The second-order valence-electron chi connectivity index (χ2n) is 5.82. The first kappa shape index (κ1) is 16.8. The van der Waals surface area contributed by atoms with Crippen molar-refractivity contribution in [1.82, 2.24) is 19.7 Å². The van der Waals surface area contributed by atoms with E-state index in [1.807, 2.05) is 36.0 Å². The van der Waals surface area contributed by atoms with Gasteiger partial charge in [-0.15, -0.1) is 11.3 Å². The quantitative estimate of drug-likeness (QED) is 0.684. The van der Waals surface area contributed by atoms with E-state index in [0.717, 1.165) is 35.9 Å². The molecular formula is C18H22N4OS. The molecule has 2 aromatic heterocycles. The molecule has 0 aliphatic rings. The molecule has 24 heavy (non-hydrogen) atoms. The number of rotatable bonds is 8. The predicted molar refractivity (Wildman–Crippen MR) is 95.8 cm³/mol. The zero-order chi connectivity index (χ0) is 16.8. The number of aromatic nitrogens is 3. The highest BCUT2D eigenvalue weighted by Crippen LogP contribution is 2.13. The summed E-state index contributed by atoms with van der Waals surface area (Å²) in [7, 11) is 0. The van der Waals surface area contributed by atoms with Gasteiger partial charge in [-0.3, -0.25) is 9.58 Å². The Hall–Kier alpha value is -2.02. The fraction of sp³-hybridized carbons (Fsp3) is 0.333. The first-order valence-corrected chi connectivity index (χ1v) is 8.90. The lowest BCUT2D eigenvalue weighted by atomic mass is 10.2. The van der Waals surface area contributed by atoms with E-state index >= 15 is 0 Å². The van der Waals surface area contributed by atoms with Gasteiger partial charge in [0.15, 0.2) is 0 Å². The molecule has 5 nitrogen and oxygen atoms in total. The molecule has 1 N–H and O–H groups in total. The van der Waals surface area contributed by atoms with Crippen molar-refractivity contribution >= 4 is 11.3 Å². The summed E-state index contributed by atoms with van der Waals surface area (Å²) in [6, 6.07) is 10.3. The lowest BCUT2D eigenvalue weighted by Crippen LogP contribution is -2.26. The summed E-state index contributed by atoms with van der Waals surface area (Å²) in [5.74, 6) is 0. The van der Waals surface area contributed by atoms with E-state index in [9.17, 15) is 5.11 Å². The predicted octanol–water partition coefficient (Wildman–Crippen LogP) is 2.69. The molecule has 126 valence electrons. The van der Waals surface area contributed by atoms with Gasteiger partial charge in [-0.2, -0.15) is 5.10 Å². The Balaban J connectivity index is 1.62. The van der Waals surface area contributed by atoms with Gasteiger partial charge in [0, 0.05) is 36.8 Å². The van der Waals surface area contributed by atoms with Crippen LogP contribution in [-0.4, -0.2) is 37.9 Å². The minimum Gasteiger partial charge on any atom is -0.395 e. The van der Waals surface area contributed by atoms with Crippen LogP contribution in [0.1, 0.15) is 21.8 Å². The van der Waals surface area contributed by atoms with Crippen LogP contribution in [0.4, 0.5) is 0 Å². The van der Waals surface area contributed by atoms with Gasteiger partial charge in [0.2, 0.25) is 0 Å². The first-order valence-electron chi connectivity index (χ1n) is 8.02. The fourth-order valence-corrected chi connectivity index (χ4v) is 3.27. The molecule has 0 saturated carbocycles. The lowest BCUT2D eigenvalue weighted by molar-refractivity contribution is 0.183. The molecule has 6 heteroatoms. The van der Waals surface area contributed by atoms with E-state index in [2.05, 4.69) is 38.7 Å². The normalized spacial score (nSPS) is 11.3. The summed E-state index contributed by atoms with van der Waals surface area (Å²) in [6.07, 6.45) is 3.98. The van der Waals surface area contributed by atoms with Gasteiger partial charge in [0.05, 0.1) is 30.1 Å². The van der Waals surface area contributed by atoms with Crippen molar-refractivity contribution < 1.29 is 5.11 Å². The minimum atomic E-state index is 0.140. The van der Waals surface area contributed by atoms with Crippen molar-refractivity contribution in [2.24, 2.45) is 0 Å². The van der Waals surface area contributed by atoms with Crippen LogP contribution in [-0.2, 0) is 19.6 Å². The van der Waals surface area contributed by atoms with Crippen LogP contribution in [0.5, 0.6) is 0 Å². The van der Waals surface area contributed by atoms with Crippen LogP contribution in [0.3, 0.4) is 0 Å². The largest absolute Gasteiger partial charge is 0.395 e. The number of hydrogen-bond donors (Lipinski definition) is 1. The Bertz CT molecular complexity index is 753. The van der Waals surface area contributed by atoms with Crippen LogP contribution in [0.25, 0.3) is 0 Å². The molecule has 0 radical (unpaired) electrons. The van der Waals surface area contributed by atoms with Crippen LogP contribution in [0.2, 0.25) is 0 Å². The second kappa shape index (κ2) is 8.19. The van der Waals surface area contributed by atoms with E-state index in [0.29, 0.717) is 6.54 Å². The number of hydrogen-bond acceptors (Lipinski definition) is 5. The summed E-state index contributed by atoms with van der Waals surface area (Å²) < 4.78 is 1.95. The fourth-order valence-electron chi connectivity index (χ4n) is 2.67. The number of thiazole rings is 1. The zero-order valence-electron chi connectivity index (χ0n) is 13.8. The van der Waals surface area contributed by atoms with Crippen molar-refractivity contribution in [2.45, 2.75) is 26.6 Å². The Morgan fingerprint density at radius 1 is 1.17 bits per heavy atom. The van der Waals surface area contributed by atoms with Gasteiger partial charge in [-0.05, 0) is 12.5 Å². The molecule has 0 amide bonds. The van der Waals surface area contributed by atoms with Crippen LogP contribution < -0.4 is 0 Å². The number of aliphatic hydroxyl groups is 1. The van der Waals surface area contributed by atoms with Gasteiger partial charge < -0.3 is 5.11 Å². The third-order valence-corrected chi connectivity index (χ3v) is 4.57. The number of nitrogens with zero attached hydrogens (tertiary/aromatic N) is 4.